The summed E-state index contributed by atoms with van der Waals surface area (Å²) >= 11 is 0. The number of benzene rings is 4. The van der Waals surface area contributed by atoms with Crippen LogP contribution in [-0.4, -0.2) is 132 Å². The van der Waals surface area contributed by atoms with E-state index in [0.717, 1.165) is 12.1 Å². The van der Waals surface area contributed by atoms with E-state index in [0.29, 0.717) is 59.7 Å². The SMILES string of the molecule is COCCOCCN1/C(=C/C=C/C2=[N+](CCCCCC(=O)O)c3ccc4c(S(=O)(=O)O)cc(S(=O)(=O)O)cc4c3C2(C)C)C(C)(CCCS(=O)(=O)O)c2c1ccc1c(S(=O)(=O)O)cc(S(=O)(=O)O)cc21. The van der Waals surface area contributed by atoms with E-state index in [1.54, 1.807) is 50.0 Å². The Kier molecular flexibility index (Phi) is 15.7. The molecule has 4 aromatic rings. The minimum Gasteiger partial charge on any atom is -0.481 e. The van der Waals surface area contributed by atoms with Gasteiger partial charge in [0.15, 0.2) is 5.71 Å². The van der Waals surface area contributed by atoms with Crippen molar-refractivity contribution in [3.8, 4) is 0 Å². The van der Waals surface area contributed by atoms with Crippen molar-refractivity contribution in [3.05, 3.63) is 83.6 Å². The molecule has 382 valence electrons. The van der Waals surface area contributed by atoms with E-state index in [2.05, 4.69) is 0 Å². The first-order valence-electron chi connectivity index (χ1n) is 21.5. The first-order valence-corrected chi connectivity index (χ1v) is 28.9. The first kappa shape index (κ1) is 54.6. The van der Waals surface area contributed by atoms with Crippen molar-refractivity contribution < 1.29 is 88.8 Å². The van der Waals surface area contributed by atoms with Gasteiger partial charge in [0, 0.05) is 71.8 Å². The van der Waals surface area contributed by atoms with Crippen molar-refractivity contribution in [2.75, 3.05) is 50.7 Å². The average Bonchev–Trinajstić information content (AvgIpc) is 3.60. The third-order valence-corrected chi connectivity index (χ3v) is 16.8. The van der Waals surface area contributed by atoms with E-state index in [1.165, 1.54) is 25.3 Å². The fourth-order valence-corrected chi connectivity index (χ4v) is 12.7. The lowest BCUT2D eigenvalue weighted by Crippen LogP contribution is -2.32. The van der Waals surface area contributed by atoms with Crippen LogP contribution in [0.4, 0.5) is 11.4 Å². The van der Waals surface area contributed by atoms with Crippen molar-refractivity contribution in [1.82, 2.24) is 0 Å². The second-order valence-corrected chi connectivity index (χ2v) is 24.8. The molecule has 0 aliphatic carbocycles. The molecule has 0 saturated heterocycles. The van der Waals surface area contributed by atoms with Crippen LogP contribution in [0.25, 0.3) is 21.5 Å². The van der Waals surface area contributed by atoms with Crippen LogP contribution in [0.1, 0.15) is 70.4 Å². The van der Waals surface area contributed by atoms with Crippen molar-refractivity contribution in [2.45, 2.75) is 89.7 Å². The van der Waals surface area contributed by atoms with Crippen molar-refractivity contribution in [2.24, 2.45) is 0 Å². The van der Waals surface area contributed by atoms with Gasteiger partial charge < -0.3 is 19.5 Å². The van der Waals surface area contributed by atoms with Crippen LogP contribution in [0.3, 0.4) is 0 Å². The average molecular weight is 1070 g/mol. The van der Waals surface area contributed by atoms with Gasteiger partial charge in [0.2, 0.25) is 5.69 Å². The Bertz CT molecular complexity index is 3460. The summed E-state index contributed by atoms with van der Waals surface area (Å²) in [6, 6.07) is 9.26. The van der Waals surface area contributed by atoms with E-state index in [1.807, 2.05) is 4.58 Å². The number of allylic oxidation sites excluding steroid dienone is 4. The molecule has 26 heteroatoms. The molecule has 6 N–H and O–H groups in total. The van der Waals surface area contributed by atoms with E-state index in [9.17, 15) is 74.8 Å². The zero-order valence-electron chi connectivity index (χ0n) is 38.3. The van der Waals surface area contributed by atoms with Crippen molar-refractivity contribution in [1.29, 1.82) is 0 Å². The number of methoxy groups -OCH3 is 1. The molecule has 0 radical (unpaired) electrons. The Morgan fingerprint density at radius 3 is 1.79 bits per heavy atom. The van der Waals surface area contributed by atoms with Crippen LogP contribution in [0.5, 0.6) is 0 Å². The summed E-state index contributed by atoms with van der Waals surface area (Å²) in [6.07, 6.45) is 5.95. The Morgan fingerprint density at radius 2 is 1.26 bits per heavy atom. The summed E-state index contributed by atoms with van der Waals surface area (Å²) in [5.74, 6) is -1.69. The lowest BCUT2D eigenvalue weighted by molar-refractivity contribution is -0.438. The standard InChI is InChI=1S/C44H52N2O19S5/c1-43(2)38(45(18-7-5-6-12-40(47)48)34-15-13-30-32(41(34)43)24-28(67(52,53)54)26-36(30)69(58,59)60)10-8-11-39-44(3,17-9-23-66(49,50)51)42-33-25-29(68(55,56)57)27-37(70(61,62)63)31(33)14-16-35(42)46(39)19-20-65-22-21-64-4/h8,10-11,13-16,24-27H,5-7,9,12,17-23H2,1-4H3,(H5-,47,48,49,50,51,52,53,54,55,56,57,58,59,60,61,62,63)/p+1. The van der Waals surface area contributed by atoms with Crippen LogP contribution in [0.15, 0.2) is 92.0 Å². The number of rotatable bonds is 22. The van der Waals surface area contributed by atoms with Crippen molar-refractivity contribution in [3.63, 3.8) is 0 Å². The summed E-state index contributed by atoms with van der Waals surface area (Å²) < 4.78 is 189. The zero-order valence-corrected chi connectivity index (χ0v) is 42.3. The highest BCUT2D eigenvalue weighted by Crippen LogP contribution is 2.54. The molecule has 1 unspecified atom stereocenters. The number of fused-ring (bicyclic) bond motifs is 6. The molecule has 2 aliphatic rings. The quantitative estimate of drug-likeness (QED) is 0.0319. The van der Waals surface area contributed by atoms with Gasteiger partial charge in [-0.15, -0.1) is 0 Å². The molecule has 70 heavy (non-hydrogen) atoms. The number of anilines is 1. The number of nitrogens with zero attached hydrogens (tertiary/aromatic N) is 2. The third-order valence-electron chi connectivity index (χ3n) is 12.5. The molecular formula is C44H53N2O19S5+. The molecular weight excluding hydrogens is 1020 g/mol. The van der Waals surface area contributed by atoms with Crippen LogP contribution < -0.4 is 4.90 Å². The Morgan fingerprint density at radius 1 is 0.686 bits per heavy atom. The Labute approximate surface area is 405 Å². The maximum atomic E-state index is 12.8. The fraction of sp³-hybridized carbons (Fsp3) is 0.409. The molecule has 0 bridgehead atoms. The minimum atomic E-state index is -5.14. The number of carboxylic acid groups (broad SMARTS) is 1. The van der Waals surface area contributed by atoms with E-state index in [4.69, 9.17) is 9.47 Å². The third kappa shape index (κ3) is 11.5. The van der Waals surface area contributed by atoms with Gasteiger partial charge in [-0.1, -0.05) is 12.1 Å². The van der Waals surface area contributed by atoms with E-state index >= 15 is 0 Å². The number of carbonyl (C=O) groups is 1. The molecule has 0 saturated carbocycles. The smallest absolute Gasteiger partial charge is 0.303 e. The van der Waals surface area contributed by atoms with Gasteiger partial charge in [-0.2, -0.15) is 46.7 Å². The van der Waals surface area contributed by atoms with Gasteiger partial charge in [0.05, 0.1) is 40.8 Å². The monoisotopic (exact) mass is 1070 g/mol. The summed E-state index contributed by atoms with van der Waals surface area (Å²) in [6.45, 7) is 6.08. The second-order valence-electron chi connectivity index (χ2n) is 17.6. The topological polar surface area (TPSA) is 334 Å². The summed E-state index contributed by atoms with van der Waals surface area (Å²) in [5, 5.41) is 9.10. The molecule has 6 rings (SSSR count). The van der Waals surface area contributed by atoms with Gasteiger partial charge in [0.25, 0.3) is 50.6 Å². The highest BCUT2D eigenvalue weighted by atomic mass is 32.2. The molecule has 1 atom stereocenters. The number of aliphatic carboxylic acids is 1. The maximum Gasteiger partial charge on any atom is 0.303 e. The van der Waals surface area contributed by atoms with E-state index in [-0.39, 0.29) is 79.3 Å². The molecule has 0 amide bonds. The highest BCUT2D eigenvalue weighted by molar-refractivity contribution is 7.87. The molecule has 4 aromatic carbocycles. The second kappa shape index (κ2) is 20.1. The van der Waals surface area contributed by atoms with Crippen molar-refractivity contribution >= 4 is 95.2 Å². The normalized spacial score (nSPS) is 18.2. The first-order chi connectivity index (χ1) is 32.3. The largest absolute Gasteiger partial charge is 0.481 e. The van der Waals surface area contributed by atoms with Crippen LogP contribution >= 0.6 is 0 Å². The molecule has 21 nitrogen and oxygen atoms in total. The number of carboxylic acids is 1. The van der Waals surface area contributed by atoms with Gasteiger partial charge in [-0.25, -0.2) is 0 Å². The predicted molar refractivity (Wildman–Crippen MR) is 256 cm³/mol. The van der Waals surface area contributed by atoms with Gasteiger partial charge in [-0.05, 0) is 105 Å². The number of ether oxygens (including phenoxy) is 2. The molecule has 0 fully saturated rings. The predicted octanol–water partition coefficient (Wildman–Crippen LogP) is 5.55. The van der Waals surface area contributed by atoms with Gasteiger partial charge >= 0.3 is 5.97 Å². The molecule has 0 spiro atoms. The summed E-state index contributed by atoms with van der Waals surface area (Å²) in [7, 11) is -23.4. The molecule has 0 aromatic heterocycles. The van der Waals surface area contributed by atoms with Crippen LogP contribution in [0.2, 0.25) is 0 Å². The fourth-order valence-electron chi connectivity index (χ4n) is 9.56. The summed E-state index contributed by atoms with van der Waals surface area (Å²) in [5.41, 5.74) is 0.0329. The Balaban J connectivity index is 1.62. The molecule has 2 heterocycles. The minimum absolute atomic E-state index is 0.0384. The van der Waals surface area contributed by atoms with Gasteiger partial charge in [0.1, 0.15) is 16.3 Å². The number of hydrogen-bond acceptors (Lipinski definition) is 14. The highest BCUT2D eigenvalue weighted by Gasteiger charge is 2.47. The zero-order chi connectivity index (χ0) is 52.0. The van der Waals surface area contributed by atoms with Crippen LogP contribution in [-0.2, 0) is 75.7 Å². The van der Waals surface area contributed by atoms with Crippen LogP contribution in [0, 0.1) is 0 Å². The maximum absolute atomic E-state index is 12.8. The van der Waals surface area contributed by atoms with E-state index < -0.39 is 92.7 Å². The Hall–Kier alpha value is -4.71. The number of hydrogen-bond donors (Lipinski definition) is 6. The molecule has 2 aliphatic heterocycles. The lowest BCUT2D eigenvalue weighted by atomic mass is 9.75. The summed E-state index contributed by atoms with van der Waals surface area (Å²) in [4.78, 5) is 9.82. The van der Waals surface area contributed by atoms with Gasteiger partial charge in [-0.3, -0.25) is 27.6 Å². The lowest BCUT2D eigenvalue weighted by Gasteiger charge is -2.31. The number of unbranched alkanes of at least 4 members (excludes halogenated alkanes) is 2.